The van der Waals surface area contributed by atoms with E-state index in [1.165, 1.54) is 7.11 Å². The van der Waals surface area contributed by atoms with Crippen molar-refractivity contribution in [2.24, 2.45) is 0 Å². The minimum Gasteiger partial charge on any atom is -0.497 e. The Bertz CT molecular complexity index is 804. The molecule has 27 heavy (non-hydrogen) atoms. The number of pyridine rings is 1. The largest absolute Gasteiger partial charge is 0.497 e. The maximum atomic E-state index is 12.1. The Kier molecular flexibility index (Phi) is 6.01. The van der Waals surface area contributed by atoms with E-state index in [1.807, 2.05) is 18.2 Å². The lowest BCUT2D eigenvalue weighted by atomic mass is 10.2. The summed E-state index contributed by atoms with van der Waals surface area (Å²) in [5.41, 5.74) is 1.48. The Morgan fingerprint density at radius 1 is 1.11 bits per heavy atom. The van der Waals surface area contributed by atoms with Crippen molar-refractivity contribution in [1.29, 1.82) is 0 Å². The Labute approximate surface area is 159 Å². The monoisotopic (exact) mass is 371 g/mol. The number of nitrogens with zero attached hydrogens (tertiary/aromatic N) is 2. The van der Waals surface area contributed by atoms with E-state index in [0.29, 0.717) is 23.7 Å². The molecule has 0 amide bonds. The summed E-state index contributed by atoms with van der Waals surface area (Å²) in [6.07, 6.45) is 2.20. The standard InChI is InChI=1S/C20H25N3O4/c1-25-15-7-6-14(17(12-15)26-2)13-21-18-9-8-16(20(24)27-3)19(22-18)23-10-4-5-11-23/h6-9,12H,4-5,10-11,13H2,1-3H3,(H,21,22). The van der Waals surface area contributed by atoms with Gasteiger partial charge < -0.3 is 24.4 Å². The van der Waals surface area contributed by atoms with Crippen molar-refractivity contribution in [2.45, 2.75) is 19.4 Å². The number of nitrogens with one attached hydrogen (secondary N) is 1. The van der Waals surface area contributed by atoms with Gasteiger partial charge in [-0.2, -0.15) is 0 Å². The quantitative estimate of drug-likeness (QED) is 0.750. The Hall–Kier alpha value is -2.96. The van der Waals surface area contributed by atoms with Crippen LogP contribution in [0, 0.1) is 0 Å². The zero-order valence-electron chi connectivity index (χ0n) is 15.9. The van der Waals surface area contributed by atoms with Gasteiger partial charge in [0, 0.05) is 31.3 Å². The first-order valence-electron chi connectivity index (χ1n) is 8.95. The molecular formula is C20H25N3O4. The molecule has 3 rings (SSSR count). The maximum absolute atomic E-state index is 12.1. The van der Waals surface area contributed by atoms with E-state index in [9.17, 15) is 4.79 Å². The number of benzene rings is 1. The van der Waals surface area contributed by atoms with Gasteiger partial charge in [0.1, 0.15) is 28.7 Å². The molecule has 1 aliphatic heterocycles. The number of carbonyl (C=O) groups excluding carboxylic acids is 1. The van der Waals surface area contributed by atoms with Crippen LogP contribution in [0.2, 0.25) is 0 Å². The molecule has 7 heteroatoms. The van der Waals surface area contributed by atoms with Crippen molar-refractivity contribution >= 4 is 17.6 Å². The third-order valence-electron chi connectivity index (χ3n) is 4.64. The molecule has 0 bridgehead atoms. The van der Waals surface area contributed by atoms with Crippen LogP contribution in [-0.2, 0) is 11.3 Å². The van der Waals surface area contributed by atoms with Crippen LogP contribution in [0.25, 0.3) is 0 Å². The normalized spacial score (nSPS) is 13.4. The molecule has 0 aliphatic carbocycles. The van der Waals surface area contributed by atoms with Gasteiger partial charge in [0.15, 0.2) is 0 Å². The lowest BCUT2D eigenvalue weighted by Gasteiger charge is -2.20. The molecule has 0 unspecified atom stereocenters. The molecular weight excluding hydrogens is 346 g/mol. The number of carbonyl (C=O) groups is 1. The zero-order chi connectivity index (χ0) is 19.2. The number of methoxy groups -OCH3 is 3. The number of hydrogen-bond donors (Lipinski definition) is 1. The molecule has 0 spiro atoms. The lowest BCUT2D eigenvalue weighted by Crippen LogP contribution is -2.23. The van der Waals surface area contributed by atoms with E-state index in [0.717, 1.165) is 43.0 Å². The zero-order valence-corrected chi connectivity index (χ0v) is 15.9. The summed E-state index contributed by atoms with van der Waals surface area (Å²) in [6, 6.07) is 9.25. The third kappa shape index (κ3) is 4.24. The summed E-state index contributed by atoms with van der Waals surface area (Å²) in [5.74, 6) is 2.49. The molecule has 0 atom stereocenters. The Balaban J connectivity index is 1.81. The summed E-state index contributed by atoms with van der Waals surface area (Å²) in [6.45, 7) is 2.33. The number of hydrogen-bond acceptors (Lipinski definition) is 7. The maximum Gasteiger partial charge on any atom is 0.341 e. The van der Waals surface area contributed by atoms with E-state index < -0.39 is 0 Å². The second-order valence-electron chi connectivity index (χ2n) is 6.28. The Morgan fingerprint density at radius 3 is 2.56 bits per heavy atom. The average molecular weight is 371 g/mol. The molecule has 1 N–H and O–H groups in total. The van der Waals surface area contributed by atoms with Crippen molar-refractivity contribution in [2.75, 3.05) is 44.6 Å². The van der Waals surface area contributed by atoms with Crippen molar-refractivity contribution in [3.8, 4) is 11.5 Å². The van der Waals surface area contributed by atoms with Crippen molar-refractivity contribution < 1.29 is 19.0 Å². The van der Waals surface area contributed by atoms with Gasteiger partial charge in [0.25, 0.3) is 0 Å². The molecule has 0 saturated carbocycles. The Morgan fingerprint density at radius 2 is 1.89 bits per heavy atom. The summed E-state index contributed by atoms with van der Waals surface area (Å²) >= 11 is 0. The molecule has 1 aliphatic rings. The lowest BCUT2D eigenvalue weighted by molar-refractivity contribution is 0.0601. The minimum absolute atomic E-state index is 0.368. The van der Waals surface area contributed by atoms with Crippen molar-refractivity contribution in [3.63, 3.8) is 0 Å². The van der Waals surface area contributed by atoms with E-state index in [1.54, 1.807) is 26.4 Å². The summed E-state index contributed by atoms with van der Waals surface area (Å²) in [7, 11) is 4.64. The molecule has 7 nitrogen and oxygen atoms in total. The number of rotatable bonds is 7. The number of ether oxygens (including phenoxy) is 3. The number of esters is 1. The highest BCUT2D eigenvalue weighted by Gasteiger charge is 2.22. The van der Waals surface area contributed by atoms with E-state index in [2.05, 4.69) is 15.2 Å². The fraction of sp³-hybridized carbons (Fsp3) is 0.400. The average Bonchev–Trinajstić information content (AvgIpc) is 3.26. The van der Waals surface area contributed by atoms with E-state index in [-0.39, 0.29) is 5.97 Å². The van der Waals surface area contributed by atoms with Gasteiger partial charge >= 0.3 is 5.97 Å². The molecule has 0 radical (unpaired) electrons. The van der Waals surface area contributed by atoms with Crippen LogP contribution in [0.3, 0.4) is 0 Å². The number of aromatic nitrogens is 1. The van der Waals surface area contributed by atoms with Crippen LogP contribution in [0.15, 0.2) is 30.3 Å². The first-order chi connectivity index (χ1) is 13.2. The van der Waals surface area contributed by atoms with Crippen molar-refractivity contribution in [3.05, 3.63) is 41.5 Å². The smallest absolute Gasteiger partial charge is 0.341 e. The van der Waals surface area contributed by atoms with Gasteiger partial charge in [-0.15, -0.1) is 0 Å². The molecule has 1 aromatic heterocycles. The van der Waals surface area contributed by atoms with Gasteiger partial charge in [-0.3, -0.25) is 0 Å². The molecule has 1 saturated heterocycles. The minimum atomic E-state index is -0.368. The number of anilines is 2. The third-order valence-corrected chi connectivity index (χ3v) is 4.64. The van der Waals surface area contributed by atoms with Gasteiger partial charge in [-0.25, -0.2) is 9.78 Å². The first kappa shape index (κ1) is 18.8. The summed E-state index contributed by atoms with van der Waals surface area (Å²) in [4.78, 5) is 18.9. The molecule has 144 valence electrons. The fourth-order valence-corrected chi connectivity index (χ4v) is 3.17. The van der Waals surface area contributed by atoms with E-state index >= 15 is 0 Å². The highest BCUT2D eigenvalue weighted by Crippen LogP contribution is 2.27. The van der Waals surface area contributed by atoms with Crippen LogP contribution in [-0.4, -0.2) is 45.4 Å². The first-order valence-corrected chi connectivity index (χ1v) is 8.95. The van der Waals surface area contributed by atoms with E-state index in [4.69, 9.17) is 14.2 Å². The van der Waals surface area contributed by atoms with Gasteiger partial charge in [0.2, 0.25) is 0 Å². The van der Waals surface area contributed by atoms with Crippen LogP contribution in [0.5, 0.6) is 11.5 Å². The topological polar surface area (TPSA) is 72.9 Å². The second kappa shape index (κ2) is 8.62. The highest BCUT2D eigenvalue weighted by atomic mass is 16.5. The van der Waals surface area contributed by atoms with Crippen LogP contribution >= 0.6 is 0 Å². The highest BCUT2D eigenvalue weighted by molar-refractivity contribution is 5.95. The fourth-order valence-electron chi connectivity index (χ4n) is 3.17. The SMILES string of the molecule is COC(=O)c1ccc(NCc2ccc(OC)cc2OC)nc1N1CCCC1. The second-order valence-corrected chi connectivity index (χ2v) is 6.28. The predicted octanol–water partition coefficient (Wildman–Crippen LogP) is 3.10. The summed E-state index contributed by atoms with van der Waals surface area (Å²) < 4.78 is 15.6. The van der Waals surface area contributed by atoms with Crippen LogP contribution < -0.4 is 19.7 Å². The van der Waals surface area contributed by atoms with Crippen LogP contribution in [0.1, 0.15) is 28.8 Å². The van der Waals surface area contributed by atoms with Crippen molar-refractivity contribution in [1.82, 2.24) is 4.98 Å². The summed E-state index contributed by atoms with van der Waals surface area (Å²) in [5, 5.41) is 3.31. The molecule has 1 aromatic carbocycles. The predicted molar refractivity (Wildman–Crippen MR) is 104 cm³/mol. The molecule has 1 fully saturated rings. The van der Waals surface area contributed by atoms with Crippen LogP contribution in [0.4, 0.5) is 11.6 Å². The molecule has 2 aromatic rings. The molecule has 2 heterocycles. The van der Waals surface area contributed by atoms with Gasteiger partial charge in [0.05, 0.1) is 21.3 Å². The van der Waals surface area contributed by atoms with Gasteiger partial charge in [-0.05, 0) is 37.1 Å². The van der Waals surface area contributed by atoms with Gasteiger partial charge in [-0.1, -0.05) is 0 Å².